The molecule has 0 aromatic carbocycles. The van der Waals surface area contributed by atoms with Gasteiger partial charge in [0.05, 0.1) is 6.10 Å². The molecule has 0 amide bonds. The summed E-state index contributed by atoms with van der Waals surface area (Å²) in [5.74, 6) is 2.82. The number of allylic oxidation sites excluding steroid dienone is 1. The zero-order valence-electron chi connectivity index (χ0n) is 14.3. The van der Waals surface area contributed by atoms with E-state index in [1.807, 2.05) is 0 Å². The Labute approximate surface area is 134 Å². The summed E-state index contributed by atoms with van der Waals surface area (Å²) >= 11 is 0. The monoisotopic (exact) mass is 302 g/mol. The number of Topliss-reactive ketones (excluding diaryl/α,β-unsaturated/α-hetero) is 1. The van der Waals surface area contributed by atoms with Gasteiger partial charge in [0.25, 0.3) is 0 Å². The van der Waals surface area contributed by atoms with Crippen molar-refractivity contribution >= 4 is 5.78 Å². The molecule has 4 aliphatic carbocycles. The maximum absolute atomic E-state index is 12.7. The lowest BCUT2D eigenvalue weighted by atomic mass is 9.48. The van der Waals surface area contributed by atoms with Gasteiger partial charge in [0.15, 0.2) is 0 Å². The van der Waals surface area contributed by atoms with E-state index in [0.717, 1.165) is 44.4 Å². The van der Waals surface area contributed by atoms with E-state index in [1.54, 1.807) is 0 Å². The summed E-state index contributed by atoms with van der Waals surface area (Å²) < 4.78 is 0. The highest BCUT2D eigenvalue weighted by atomic mass is 16.3. The number of hydrogen-bond acceptors (Lipinski definition) is 2. The molecule has 1 N–H and O–H groups in total. The van der Waals surface area contributed by atoms with E-state index in [1.165, 1.54) is 12.0 Å². The van der Waals surface area contributed by atoms with E-state index in [2.05, 4.69) is 26.8 Å². The predicted molar refractivity (Wildman–Crippen MR) is 87.3 cm³/mol. The quantitative estimate of drug-likeness (QED) is 0.683. The summed E-state index contributed by atoms with van der Waals surface area (Å²) in [6.07, 6.45) is 9.84. The molecule has 0 heterocycles. The smallest absolute Gasteiger partial charge is 0.141 e. The van der Waals surface area contributed by atoms with Crippen LogP contribution in [0, 0.1) is 34.5 Å². The molecule has 0 aromatic heterocycles. The lowest BCUT2D eigenvalue weighted by molar-refractivity contribution is -0.133. The van der Waals surface area contributed by atoms with Gasteiger partial charge in [-0.1, -0.05) is 32.4 Å². The average Bonchev–Trinajstić information content (AvgIpc) is 2.72. The van der Waals surface area contributed by atoms with Crippen LogP contribution in [0.15, 0.2) is 11.6 Å². The number of ketones is 1. The fraction of sp³-hybridized carbons (Fsp3) is 0.850. The number of aliphatic hydroxyl groups excluding tert-OH is 1. The Morgan fingerprint density at radius 1 is 1.14 bits per heavy atom. The third-order valence-corrected chi connectivity index (χ3v) is 8.09. The van der Waals surface area contributed by atoms with Gasteiger partial charge in [-0.2, -0.15) is 0 Å². The third-order valence-electron chi connectivity index (χ3n) is 8.09. The van der Waals surface area contributed by atoms with E-state index < -0.39 is 0 Å². The summed E-state index contributed by atoms with van der Waals surface area (Å²) in [7, 11) is 0. The SMILES string of the molecule is CC1CC2C3CC=C4C[C@@H](O)CC[C@]4(C)C3CC[C@]2(C)C1=O. The number of fused-ring (bicyclic) bond motifs is 5. The lowest BCUT2D eigenvalue weighted by Crippen LogP contribution is -2.50. The Hall–Kier alpha value is -0.630. The predicted octanol–water partition coefficient (Wildman–Crippen LogP) is 4.13. The molecule has 0 bridgehead atoms. The molecule has 0 aromatic rings. The topological polar surface area (TPSA) is 37.3 Å². The van der Waals surface area contributed by atoms with Crippen molar-refractivity contribution in [2.24, 2.45) is 34.5 Å². The van der Waals surface area contributed by atoms with Crippen LogP contribution >= 0.6 is 0 Å². The second-order valence-corrected chi connectivity index (χ2v) is 9.11. The van der Waals surface area contributed by atoms with Gasteiger partial charge in [-0.3, -0.25) is 4.79 Å². The van der Waals surface area contributed by atoms with Gasteiger partial charge in [-0.15, -0.1) is 0 Å². The van der Waals surface area contributed by atoms with E-state index in [4.69, 9.17) is 0 Å². The zero-order valence-corrected chi connectivity index (χ0v) is 14.3. The summed E-state index contributed by atoms with van der Waals surface area (Å²) in [6.45, 7) is 6.85. The Balaban J connectivity index is 1.70. The van der Waals surface area contributed by atoms with Crippen LogP contribution in [0.3, 0.4) is 0 Å². The number of aliphatic hydroxyl groups is 1. The largest absolute Gasteiger partial charge is 0.393 e. The summed E-state index contributed by atoms with van der Waals surface area (Å²) in [6, 6.07) is 0. The second-order valence-electron chi connectivity index (χ2n) is 9.11. The van der Waals surface area contributed by atoms with Crippen molar-refractivity contribution in [3.63, 3.8) is 0 Å². The maximum Gasteiger partial charge on any atom is 0.141 e. The van der Waals surface area contributed by atoms with Crippen molar-refractivity contribution in [2.45, 2.75) is 71.8 Å². The minimum atomic E-state index is -0.127. The molecule has 3 saturated carbocycles. The zero-order chi connectivity index (χ0) is 15.7. The van der Waals surface area contributed by atoms with Crippen LogP contribution in [0.25, 0.3) is 0 Å². The van der Waals surface area contributed by atoms with Crippen molar-refractivity contribution in [1.29, 1.82) is 0 Å². The number of carbonyl (C=O) groups excluding carboxylic acids is 1. The van der Waals surface area contributed by atoms with Crippen LogP contribution < -0.4 is 0 Å². The van der Waals surface area contributed by atoms with E-state index in [9.17, 15) is 9.90 Å². The molecule has 4 aliphatic rings. The molecule has 2 nitrogen and oxygen atoms in total. The fourth-order valence-electron chi connectivity index (χ4n) is 6.75. The Morgan fingerprint density at radius 3 is 2.64 bits per heavy atom. The van der Waals surface area contributed by atoms with Crippen LogP contribution in [-0.4, -0.2) is 17.0 Å². The molecule has 0 aliphatic heterocycles. The van der Waals surface area contributed by atoms with E-state index in [0.29, 0.717) is 23.0 Å². The minimum Gasteiger partial charge on any atom is -0.393 e. The summed E-state index contributed by atoms with van der Waals surface area (Å²) in [4.78, 5) is 12.7. The van der Waals surface area contributed by atoms with Crippen molar-refractivity contribution in [2.75, 3.05) is 0 Å². The molecule has 4 rings (SSSR count). The molecule has 0 spiro atoms. The molecule has 4 unspecified atom stereocenters. The van der Waals surface area contributed by atoms with Crippen LogP contribution in [0.5, 0.6) is 0 Å². The first-order chi connectivity index (χ1) is 10.4. The van der Waals surface area contributed by atoms with Crippen molar-refractivity contribution in [3.8, 4) is 0 Å². The van der Waals surface area contributed by atoms with Crippen molar-refractivity contribution in [3.05, 3.63) is 11.6 Å². The highest BCUT2D eigenvalue weighted by Crippen LogP contribution is 2.64. The van der Waals surface area contributed by atoms with Crippen molar-refractivity contribution < 1.29 is 9.90 Å². The maximum atomic E-state index is 12.7. The molecule has 122 valence electrons. The molecule has 0 radical (unpaired) electrons. The van der Waals surface area contributed by atoms with Gasteiger partial charge in [0, 0.05) is 11.3 Å². The molecular weight excluding hydrogens is 272 g/mol. The van der Waals surface area contributed by atoms with Gasteiger partial charge in [-0.05, 0) is 68.1 Å². The number of hydrogen-bond donors (Lipinski definition) is 1. The number of carbonyl (C=O) groups is 1. The normalized spacial score (nSPS) is 54.3. The molecular formula is C20H30O2. The first kappa shape index (κ1) is 14.9. The summed E-state index contributed by atoms with van der Waals surface area (Å²) in [5, 5.41) is 10.0. The molecule has 3 fully saturated rings. The highest BCUT2D eigenvalue weighted by Gasteiger charge is 2.60. The van der Waals surface area contributed by atoms with Gasteiger partial charge >= 0.3 is 0 Å². The Morgan fingerprint density at radius 2 is 1.86 bits per heavy atom. The van der Waals surface area contributed by atoms with Gasteiger partial charge in [0.1, 0.15) is 5.78 Å². The lowest BCUT2D eigenvalue weighted by Gasteiger charge is -2.56. The fourth-order valence-corrected chi connectivity index (χ4v) is 6.75. The van der Waals surface area contributed by atoms with E-state index in [-0.39, 0.29) is 17.4 Å². The average molecular weight is 302 g/mol. The first-order valence-corrected chi connectivity index (χ1v) is 9.28. The third kappa shape index (κ3) is 1.79. The van der Waals surface area contributed by atoms with Crippen LogP contribution in [0.1, 0.15) is 65.7 Å². The first-order valence-electron chi connectivity index (χ1n) is 9.28. The van der Waals surface area contributed by atoms with Crippen LogP contribution in [0.2, 0.25) is 0 Å². The standard InChI is InChI=1S/C20H30O2/c1-12-10-17-15-5-4-13-11-14(21)6-8-19(13,2)16(15)7-9-20(17,3)18(12)22/h4,12,14-17,21H,5-11H2,1-3H3/t12?,14-,15?,16?,17?,19-,20-/m0/s1. The van der Waals surface area contributed by atoms with Gasteiger partial charge in [0.2, 0.25) is 0 Å². The highest BCUT2D eigenvalue weighted by molar-refractivity contribution is 5.89. The Kier molecular flexibility index (Phi) is 3.18. The molecule has 7 atom stereocenters. The molecule has 2 heteroatoms. The summed E-state index contributed by atoms with van der Waals surface area (Å²) in [5.41, 5.74) is 1.77. The number of rotatable bonds is 0. The minimum absolute atomic E-state index is 0.0452. The second kappa shape index (κ2) is 4.69. The van der Waals surface area contributed by atoms with Gasteiger partial charge in [-0.25, -0.2) is 0 Å². The molecule has 0 saturated heterocycles. The van der Waals surface area contributed by atoms with Crippen molar-refractivity contribution in [1.82, 2.24) is 0 Å². The van der Waals surface area contributed by atoms with Crippen LogP contribution in [-0.2, 0) is 4.79 Å². The van der Waals surface area contributed by atoms with Gasteiger partial charge < -0.3 is 5.11 Å². The van der Waals surface area contributed by atoms with Crippen LogP contribution in [0.4, 0.5) is 0 Å². The molecule has 22 heavy (non-hydrogen) atoms. The van der Waals surface area contributed by atoms with E-state index >= 15 is 0 Å². The Bertz CT molecular complexity index is 536.